The molecule has 1 aliphatic heterocycles. The molecule has 0 aromatic carbocycles. The molecule has 1 aromatic rings. The fraction of sp³-hybridized carbons (Fsp3) is 0.545. The van der Waals surface area contributed by atoms with Crippen molar-refractivity contribution in [2.24, 2.45) is 0 Å². The van der Waals surface area contributed by atoms with E-state index in [0.717, 1.165) is 13.0 Å². The second-order valence-corrected chi connectivity index (χ2v) is 3.90. The van der Waals surface area contributed by atoms with E-state index < -0.39 is 0 Å². The number of nitrogen functional groups attached to an aromatic ring is 1. The Kier molecular flexibility index (Phi) is 2.42. The van der Waals surface area contributed by atoms with Crippen LogP contribution in [0.15, 0.2) is 18.3 Å². The van der Waals surface area contributed by atoms with Crippen LogP contribution in [-0.2, 0) is 5.54 Å². The van der Waals surface area contributed by atoms with Gasteiger partial charge in [0.05, 0.1) is 0 Å². The molecular weight excluding hydrogens is 174 g/mol. The van der Waals surface area contributed by atoms with Gasteiger partial charge in [0.2, 0.25) is 0 Å². The lowest BCUT2D eigenvalue weighted by Gasteiger charge is -2.29. The first-order valence-electron chi connectivity index (χ1n) is 5.24. The smallest absolute Gasteiger partial charge is 0.128 e. The highest BCUT2D eigenvalue weighted by atomic mass is 15.0. The van der Waals surface area contributed by atoms with Crippen molar-refractivity contribution < 1.29 is 0 Å². The van der Waals surface area contributed by atoms with Crippen LogP contribution < -0.4 is 11.1 Å². The number of nitrogens with two attached hydrogens (primary N) is 1. The zero-order chi connectivity index (χ0) is 10.0. The van der Waals surface area contributed by atoms with Crippen LogP contribution in [0.25, 0.3) is 0 Å². The van der Waals surface area contributed by atoms with Crippen molar-refractivity contribution >= 4 is 5.82 Å². The van der Waals surface area contributed by atoms with Gasteiger partial charge in [-0.3, -0.25) is 0 Å². The Morgan fingerprint density at radius 3 is 3.07 bits per heavy atom. The van der Waals surface area contributed by atoms with Gasteiger partial charge >= 0.3 is 0 Å². The van der Waals surface area contributed by atoms with Crippen LogP contribution >= 0.6 is 0 Å². The van der Waals surface area contributed by atoms with E-state index in [1.54, 1.807) is 6.20 Å². The highest BCUT2D eigenvalue weighted by Crippen LogP contribution is 2.35. The largest absolute Gasteiger partial charge is 0.383 e. The molecule has 3 N–H and O–H groups in total. The molecule has 0 aliphatic carbocycles. The lowest BCUT2D eigenvalue weighted by atomic mass is 9.86. The molecule has 0 amide bonds. The molecule has 0 saturated carbocycles. The maximum atomic E-state index is 5.91. The highest BCUT2D eigenvalue weighted by molar-refractivity contribution is 5.44. The van der Waals surface area contributed by atoms with Gasteiger partial charge in [-0.2, -0.15) is 0 Å². The zero-order valence-electron chi connectivity index (χ0n) is 8.59. The Labute approximate surface area is 84.7 Å². The van der Waals surface area contributed by atoms with E-state index in [-0.39, 0.29) is 5.54 Å². The molecule has 1 aromatic heterocycles. The molecule has 1 saturated heterocycles. The first kappa shape index (κ1) is 9.46. The first-order valence-corrected chi connectivity index (χ1v) is 5.24. The Balaban J connectivity index is 2.41. The second kappa shape index (κ2) is 3.58. The predicted molar refractivity (Wildman–Crippen MR) is 57.9 cm³/mol. The number of nitrogens with zero attached hydrogens (tertiary/aromatic N) is 1. The third-order valence-electron chi connectivity index (χ3n) is 3.20. The van der Waals surface area contributed by atoms with Crippen LogP contribution in [0.4, 0.5) is 5.82 Å². The molecule has 14 heavy (non-hydrogen) atoms. The summed E-state index contributed by atoms with van der Waals surface area (Å²) in [6.07, 6.45) is 5.21. The van der Waals surface area contributed by atoms with E-state index >= 15 is 0 Å². The number of hydrogen-bond acceptors (Lipinski definition) is 3. The summed E-state index contributed by atoms with van der Waals surface area (Å²) in [4.78, 5) is 4.15. The van der Waals surface area contributed by atoms with E-state index in [9.17, 15) is 0 Å². The minimum Gasteiger partial charge on any atom is -0.383 e. The van der Waals surface area contributed by atoms with E-state index in [1.807, 2.05) is 6.07 Å². The lowest BCUT2D eigenvalue weighted by Crippen LogP contribution is -2.36. The summed E-state index contributed by atoms with van der Waals surface area (Å²) in [5.41, 5.74) is 7.16. The van der Waals surface area contributed by atoms with Crippen molar-refractivity contribution in [3.63, 3.8) is 0 Å². The zero-order valence-corrected chi connectivity index (χ0v) is 8.59. The van der Waals surface area contributed by atoms with Crippen LogP contribution in [0.2, 0.25) is 0 Å². The molecule has 2 rings (SSSR count). The van der Waals surface area contributed by atoms with Crippen LogP contribution in [0, 0.1) is 0 Å². The van der Waals surface area contributed by atoms with Gasteiger partial charge in [-0.05, 0) is 31.9 Å². The maximum Gasteiger partial charge on any atom is 0.128 e. The fourth-order valence-electron chi connectivity index (χ4n) is 2.35. The molecule has 0 radical (unpaired) electrons. The molecule has 3 heteroatoms. The Morgan fingerprint density at radius 1 is 1.64 bits per heavy atom. The van der Waals surface area contributed by atoms with Crippen molar-refractivity contribution in [3.8, 4) is 0 Å². The maximum absolute atomic E-state index is 5.91. The molecule has 1 atom stereocenters. The quantitative estimate of drug-likeness (QED) is 0.747. The van der Waals surface area contributed by atoms with Gasteiger partial charge in [0.25, 0.3) is 0 Å². The average molecular weight is 191 g/mol. The summed E-state index contributed by atoms with van der Waals surface area (Å²) in [5, 5.41) is 3.56. The molecule has 1 aliphatic rings. The van der Waals surface area contributed by atoms with E-state index in [2.05, 4.69) is 23.3 Å². The van der Waals surface area contributed by atoms with Crippen LogP contribution in [-0.4, -0.2) is 11.5 Å². The summed E-state index contributed by atoms with van der Waals surface area (Å²) < 4.78 is 0. The standard InChI is InChI=1S/C11H17N3/c1-2-11(6-4-8-14-11)9-5-3-7-13-10(9)12/h3,5,7,14H,2,4,6,8H2,1H3,(H2,12,13). The summed E-state index contributed by atoms with van der Waals surface area (Å²) in [7, 11) is 0. The van der Waals surface area contributed by atoms with Crippen molar-refractivity contribution in [3.05, 3.63) is 23.9 Å². The van der Waals surface area contributed by atoms with E-state index in [1.165, 1.54) is 18.4 Å². The summed E-state index contributed by atoms with van der Waals surface area (Å²) >= 11 is 0. The van der Waals surface area contributed by atoms with Crippen molar-refractivity contribution in [2.45, 2.75) is 31.7 Å². The number of hydrogen-bond donors (Lipinski definition) is 2. The summed E-state index contributed by atoms with van der Waals surface area (Å²) in [6.45, 7) is 3.28. The summed E-state index contributed by atoms with van der Waals surface area (Å²) in [6, 6.07) is 4.05. The van der Waals surface area contributed by atoms with Gasteiger partial charge in [0, 0.05) is 17.3 Å². The van der Waals surface area contributed by atoms with Crippen molar-refractivity contribution in [1.29, 1.82) is 0 Å². The molecule has 0 bridgehead atoms. The lowest BCUT2D eigenvalue weighted by molar-refractivity contribution is 0.376. The highest BCUT2D eigenvalue weighted by Gasteiger charge is 2.34. The second-order valence-electron chi connectivity index (χ2n) is 3.90. The van der Waals surface area contributed by atoms with Gasteiger partial charge in [0.1, 0.15) is 5.82 Å². The number of rotatable bonds is 2. The third kappa shape index (κ3) is 1.38. The topological polar surface area (TPSA) is 50.9 Å². The van der Waals surface area contributed by atoms with Crippen LogP contribution in [0.1, 0.15) is 31.7 Å². The normalized spacial score (nSPS) is 26.6. The number of nitrogens with one attached hydrogen (secondary N) is 1. The summed E-state index contributed by atoms with van der Waals surface area (Å²) in [5.74, 6) is 0.670. The van der Waals surface area contributed by atoms with Crippen molar-refractivity contribution in [2.75, 3.05) is 12.3 Å². The van der Waals surface area contributed by atoms with Crippen LogP contribution in [0.3, 0.4) is 0 Å². The fourth-order valence-corrected chi connectivity index (χ4v) is 2.35. The molecule has 3 nitrogen and oxygen atoms in total. The van der Waals surface area contributed by atoms with E-state index in [0.29, 0.717) is 5.82 Å². The molecular formula is C11H17N3. The molecule has 0 spiro atoms. The molecule has 1 fully saturated rings. The molecule has 2 heterocycles. The first-order chi connectivity index (χ1) is 6.78. The number of pyridine rings is 1. The SMILES string of the molecule is CCC1(c2cccnc2N)CCCN1. The van der Waals surface area contributed by atoms with Crippen LogP contribution in [0.5, 0.6) is 0 Å². The van der Waals surface area contributed by atoms with Gasteiger partial charge in [-0.1, -0.05) is 13.0 Å². The molecule has 76 valence electrons. The van der Waals surface area contributed by atoms with Crippen molar-refractivity contribution in [1.82, 2.24) is 10.3 Å². The number of aromatic nitrogens is 1. The Bertz CT molecular complexity index is 316. The van der Waals surface area contributed by atoms with E-state index in [4.69, 9.17) is 5.73 Å². The van der Waals surface area contributed by atoms with Gasteiger partial charge < -0.3 is 11.1 Å². The van der Waals surface area contributed by atoms with Gasteiger partial charge in [-0.15, -0.1) is 0 Å². The number of anilines is 1. The predicted octanol–water partition coefficient (Wildman–Crippen LogP) is 1.65. The third-order valence-corrected chi connectivity index (χ3v) is 3.20. The monoisotopic (exact) mass is 191 g/mol. The Hall–Kier alpha value is -1.09. The Morgan fingerprint density at radius 2 is 2.50 bits per heavy atom. The average Bonchev–Trinajstić information content (AvgIpc) is 2.68. The minimum atomic E-state index is 0.0817. The minimum absolute atomic E-state index is 0.0817. The van der Waals surface area contributed by atoms with Gasteiger partial charge in [0.15, 0.2) is 0 Å². The van der Waals surface area contributed by atoms with Gasteiger partial charge in [-0.25, -0.2) is 4.98 Å². The molecule has 1 unspecified atom stereocenters.